The third-order valence-corrected chi connectivity index (χ3v) is 2.61. The average Bonchev–Trinajstić information content (AvgIpc) is 2.29. The van der Waals surface area contributed by atoms with Crippen LogP contribution in [-0.2, 0) is 4.79 Å². The van der Waals surface area contributed by atoms with Crippen LogP contribution in [0, 0.1) is 6.92 Å². The van der Waals surface area contributed by atoms with Crippen molar-refractivity contribution < 1.29 is 9.90 Å². The van der Waals surface area contributed by atoms with Crippen LogP contribution in [0.3, 0.4) is 0 Å². The number of aryl methyl sites for hydroxylation is 1. The topological polar surface area (TPSA) is 61.4 Å². The molecule has 100 valence electrons. The fraction of sp³-hybridized carbons (Fsp3) is 0.500. The molecule has 4 heteroatoms. The van der Waals surface area contributed by atoms with Crippen molar-refractivity contribution in [3.63, 3.8) is 0 Å². The fourth-order valence-electron chi connectivity index (χ4n) is 1.60. The van der Waals surface area contributed by atoms with E-state index in [4.69, 9.17) is 0 Å². The smallest absolute Gasteiger partial charge is 0.224 e. The second-order valence-corrected chi connectivity index (χ2v) is 4.76. The maximum absolute atomic E-state index is 11.7. The van der Waals surface area contributed by atoms with Gasteiger partial charge in [-0.05, 0) is 43.7 Å². The zero-order chi connectivity index (χ0) is 13.5. The molecule has 0 radical (unpaired) electrons. The van der Waals surface area contributed by atoms with E-state index < -0.39 is 0 Å². The van der Waals surface area contributed by atoms with Crippen LogP contribution in [-0.4, -0.2) is 23.6 Å². The van der Waals surface area contributed by atoms with Crippen LogP contribution in [0.25, 0.3) is 0 Å². The van der Waals surface area contributed by atoms with Gasteiger partial charge in [-0.3, -0.25) is 4.79 Å². The van der Waals surface area contributed by atoms with E-state index in [1.165, 1.54) is 0 Å². The third-order valence-electron chi connectivity index (χ3n) is 2.61. The summed E-state index contributed by atoms with van der Waals surface area (Å²) < 4.78 is 0. The van der Waals surface area contributed by atoms with Crippen molar-refractivity contribution in [2.75, 3.05) is 11.9 Å². The Bertz CT molecular complexity index is 403. The first-order chi connectivity index (χ1) is 8.49. The molecule has 18 heavy (non-hydrogen) atoms. The van der Waals surface area contributed by atoms with Crippen molar-refractivity contribution in [3.8, 4) is 5.75 Å². The van der Waals surface area contributed by atoms with Crippen LogP contribution in [0.2, 0.25) is 0 Å². The fourth-order valence-corrected chi connectivity index (χ4v) is 1.60. The molecular weight excluding hydrogens is 228 g/mol. The number of anilines is 1. The van der Waals surface area contributed by atoms with Crippen LogP contribution in [0.15, 0.2) is 18.2 Å². The van der Waals surface area contributed by atoms with E-state index in [9.17, 15) is 9.90 Å². The zero-order valence-corrected chi connectivity index (χ0v) is 11.3. The number of benzene rings is 1. The molecule has 4 nitrogen and oxygen atoms in total. The number of phenols is 1. The summed E-state index contributed by atoms with van der Waals surface area (Å²) in [5.41, 5.74) is 1.49. The Balaban J connectivity index is 2.33. The molecule has 0 aliphatic carbocycles. The molecule has 1 aromatic rings. The summed E-state index contributed by atoms with van der Waals surface area (Å²) in [5.74, 6) is 0.250. The second kappa shape index (κ2) is 7.01. The normalized spacial score (nSPS) is 10.7. The number of amides is 1. The Morgan fingerprint density at radius 2 is 2.11 bits per heavy atom. The minimum Gasteiger partial charge on any atom is -0.508 e. The second-order valence-electron chi connectivity index (χ2n) is 4.76. The molecule has 3 N–H and O–H groups in total. The molecule has 0 saturated carbocycles. The van der Waals surface area contributed by atoms with Gasteiger partial charge in [-0.2, -0.15) is 0 Å². The van der Waals surface area contributed by atoms with E-state index in [0.29, 0.717) is 12.5 Å². The minimum atomic E-state index is 0.00523. The monoisotopic (exact) mass is 250 g/mol. The number of hydrogen-bond donors (Lipinski definition) is 3. The first-order valence-corrected chi connectivity index (χ1v) is 6.32. The van der Waals surface area contributed by atoms with Gasteiger partial charge in [0, 0.05) is 18.2 Å². The molecule has 0 heterocycles. The van der Waals surface area contributed by atoms with Crippen LogP contribution < -0.4 is 10.6 Å². The summed E-state index contributed by atoms with van der Waals surface area (Å²) in [6.07, 6.45) is 1.32. The van der Waals surface area contributed by atoms with Crippen molar-refractivity contribution in [2.45, 2.75) is 39.7 Å². The van der Waals surface area contributed by atoms with Gasteiger partial charge in [0.2, 0.25) is 5.91 Å². The summed E-state index contributed by atoms with van der Waals surface area (Å²) in [6.45, 7) is 6.82. The van der Waals surface area contributed by atoms with Gasteiger partial charge in [0.25, 0.3) is 0 Å². The summed E-state index contributed by atoms with van der Waals surface area (Å²) in [5, 5.41) is 15.5. The molecular formula is C14H22N2O2. The lowest BCUT2D eigenvalue weighted by atomic mass is 10.2. The van der Waals surface area contributed by atoms with Gasteiger partial charge >= 0.3 is 0 Å². The minimum absolute atomic E-state index is 0.00523. The van der Waals surface area contributed by atoms with E-state index in [-0.39, 0.29) is 11.7 Å². The standard InChI is InChI=1S/C14H22N2O2/c1-10(2)15-8-4-5-14(18)16-12-6-7-13(17)11(3)9-12/h6-7,9-10,15,17H,4-5,8H2,1-3H3,(H,16,18). The Labute approximate surface area is 108 Å². The van der Waals surface area contributed by atoms with Crippen LogP contribution in [0.4, 0.5) is 5.69 Å². The Morgan fingerprint density at radius 1 is 1.39 bits per heavy atom. The molecule has 0 atom stereocenters. The van der Waals surface area contributed by atoms with Crippen LogP contribution in [0.5, 0.6) is 5.75 Å². The number of aromatic hydroxyl groups is 1. The predicted molar refractivity (Wildman–Crippen MR) is 73.8 cm³/mol. The van der Waals surface area contributed by atoms with Crippen molar-refractivity contribution >= 4 is 11.6 Å². The summed E-state index contributed by atoms with van der Waals surface area (Å²) in [4.78, 5) is 11.7. The van der Waals surface area contributed by atoms with E-state index in [0.717, 1.165) is 24.2 Å². The van der Waals surface area contributed by atoms with Crippen LogP contribution in [0.1, 0.15) is 32.3 Å². The molecule has 1 amide bonds. The molecule has 0 bridgehead atoms. The third kappa shape index (κ3) is 5.19. The van der Waals surface area contributed by atoms with Gasteiger partial charge in [-0.25, -0.2) is 0 Å². The summed E-state index contributed by atoms with van der Waals surface area (Å²) in [7, 11) is 0. The lowest BCUT2D eigenvalue weighted by Crippen LogP contribution is -2.24. The van der Waals surface area contributed by atoms with Gasteiger partial charge < -0.3 is 15.7 Å². The van der Waals surface area contributed by atoms with Gasteiger partial charge in [0.05, 0.1) is 0 Å². The molecule has 0 spiro atoms. The highest BCUT2D eigenvalue weighted by atomic mass is 16.3. The van der Waals surface area contributed by atoms with Gasteiger partial charge in [-0.15, -0.1) is 0 Å². The first kappa shape index (κ1) is 14.5. The van der Waals surface area contributed by atoms with Crippen molar-refractivity contribution in [3.05, 3.63) is 23.8 Å². The van der Waals surface area contributed by atoms with E-state index >= 15 is 0 Å². The Morgan fingerprint density at radius 3 is 2.72 bits per heavy atom. The maximum atomic E-state index is 11.7. The van der Waals surface area contributed by atoms with Gasteiger partial charge in [0.1, 0.15) is 5.75 Å². The van der Waals surface area contributed by atoms with Crippen molar-refractivity contribution in [2.24, 2.45) is 0 Å². The molecule has 1 aromatic carbocycles. The first-order valence-electron chi connectivity index (χ1n) is 6.32. The average molecular weight is 250 g/mol. The molecule has 0 fully saturated rings. The quantitative estimate of drug-likeness (QED) is 0.537. The molecule has 0 aromatic heterocycles. The Hall–Kier alpha value is -1.55. The van der Waals surface area contributed by atoms with E-state index in [1.54, 1.807) is 25.1 Å². The zero-order valence-electron chi connectivity index (χ0n) is 11.3. The van der Waals surface area contributed by atoms with Crippen molar-refractivity contribution in [1.29, 1.82) is 0 Å². The molecule has 0 unspecified atom stereocenters. The van der Waals surface area contributed by atoms with Gasteiger partial charge in [-0.1, -0.05) is 13.8 Å². The molecule has 0 aliphatic heterocycles. The number of phenolic OH excluding ortho intramolecular Hbond substituents is 1. The Kier molecular flexibility index (Phi) is 5.65. The molecule has 0 aliphatic rings. The highest BCUT2D eigenvalue weighted by Crippen LogP contribution is 2.20. The lowest BCUT2D eigenvalue weighted by Gasteiger charge is -2.09. The van der Waals surface area contributed by atoms with Crippen LogP contribution >= 0.6 is 0 Å². The van der Waals surface area contributed by atoms with Gasteiger partial charge in [0.15, 0.2) is 0 Å². The number of nitrogens with one attached hydrogen (secondary N) is 2. The number of rotatable bonds is 6. The maximum Gasteiger partial charge on any atom is 0.224 e. The largest absolute Gasteiger partial charge is 0.508 e. The predicted octanol–water partition coefficient (Wildman–Crippen LogP) is 2.42. The highest BCUT2D eigenvalue weighted by Gasteiger charge is 2.04. The van der Waals surface area contributed by atoms with E-state index in [1.807, 2.05) is 0 Å². The number of hydrogen-bond acceptors (Lipinski definition) is 3. The lowest BCUT2D eigenvalue weighted by molar-refractivity contribution is -0.116. The molecule has 0 saturated heterocycles. The molecule has 1 rings (SSSR count). The highest BCUT2D eigenvalue weighted by molar-refractivity contribution is 5.90. The summed E-state index contributed by atoms with van der Waals surface area (Å²) in [6, 6.07) is 5.50. The van der Waals surface area contributed by atoms with Crippen molar-refractivity contribution in [1.82, 2.24) is 5.32 Å². The SMILES string of the molecule is Cc1cc(NC(=O)CCCNC(C)C)ccc1O. The number of carbonyl (C=O) groups is 1. The summed E-state index contributed by atoms with van der Waals surface area (Å²) >= 11 is 0. The van der Waals surface area contributed by atoms with E-state index in [2.05, 4.69) is 24.5 Å². The number of carbonyl (C=O) groups excluding carboxylic acids is 1.